The fourth-order valence-corrected chi connectivity index (χ4v) is 7.52. The molecule has 6 nitrogen and oxygen atoms in total. The normalized spacial score (nSPS) is 27.8. The lowest BCUT2D eigenvalue weighted by Gasteiger charge is -2.38. The van der Waals surface area contributed by atoms with Gasteiger partial charge in [0.25, 0.3) is 0 Å². The van der Waals surface area contributed by atoms with E-state index in [4.69, 9.17) is 9.47 Å². The molecule has 7 heteroatoms. The molecule has 3 heterocycles. The van der Waals surface area contributed by atoms with E-state index in [1.807, 2.05) is 79.7 Å². The van der Waals surface area contributed by atoms with Crippen LogP contribution < -0.4 is 0 Å². The van der Waals surface area contributed by atoms with Crippen molar-refractivity contribution in [1.82, 2.24) is 4.31 Å². The summed E-state index contributed by atoms with van der Waals surface area (Å²) in [6.07, 6.45) is 3.50. The topological polar surface area (TPSA) is 72.9 Å². The van der Waals surface area contributed by atoms with Gasteiger partial charge < -0.3 is 9.47 Å². The summed E-state index contributed by atoms with van der Waals surface area (Å²) >= 11 is 0. The molecule has 2 saturated heterocycles. The molecule has 2 fully saturated rings. The maximum absolute atomic E-state index is 13.9. The number of esters is 1. The van der Waals surface area contributed by atoms with Gasteiger partial charge in [0, 0.05) is 31.1 Å². The molecule has 37 heavy (non-hydrogen) atoms. The van der Waals surface area contributed by atoms with Crippen LogP contribution in [0.3, 0.4) is 0 Å². The summed E-state index contributed by atoms with van der Waals surface area (Å²) in [6, 6.07) is 26.2. The molecule has 3 aromatic rings. The first-order chi connectivity index (χ1) is 17.8. The number of carbonyl (C=O) groups is 1. The van der Waals surface area contributed by atoms with Crippen molar-refractivity contribution >= 4 is 21.8 Å². The standard InChI is InChI=1S/C30H27NO5S/c1-21-13-15-25(16-14-21)37(33,34)31-19-29-18-17-26(36-29)27(30(29,20-31)24-11-7-4-8-12-24)28(35-22(2)32)23-9-5-3-6-10-23/h3-18,26H,19-20H2,1-2H3/b28-27-/t26-,29-,30+/m1/s1. The van der Waals surface area contributed by atoms with E-state index in [9.17, 15) is 13.2 Å². The Kier molecular flexibility index (Phi) is 5.49. The van der Waals surface area contributed by atoms with E-state index in [1.165, 1.54) is 11.2 Å². The van der Waals surface area contributed by atoms with Crippen LogP contribution >= 0.6 is 0 Å². The number of fused-ring (bicyclic) bond motifs is 1. The van der Waals surface area contributed by atoms with Gasteiger partial charge in [-0.15, -0.1) is 0 Å². The van der Waals surface area contributed by atoms with Crippen LogP contribution in [0.2, 0.25) is 0 Å². The first-order valence-electron chi connectivity index (χ1n) is 12.2. The highest BCUT2D eigenvalue weighted by Gasteiger charge is 2.71. The lowest BCUT2D eigenvalue weighted by molar-refractivity contribution is -0.134. The number of nitrogens with zero attached hydrogens (tertiary/aromatic N) is 1. The predicted molar refractivity (Wildman–Crippen MR) is 140 cm³/mol. The third-order valence-corrected chi connectivity index (χ3v) is 9.43. The Hall–Kier alpha value is -3.52. The van der Waals surface area contributed by atoms with Gasteiger partial charge in [0.1, 0.15) is 17.5 Å². The summed E-state index contributed by atoms with van der Waals surface area (Å²) in [7, 11) is -3.82. The average molecular weight is 514 g/mol. The number of hydrogen-bond donors (Lipinski definition) is 0. The van der Waals surface area contributed by atoms with Gasteiger partial charge >= 0.3 is 5.97 Å². The van der Waals surface area contributed by atoms with Crippen molar-refractivity contribution in [3.05, 3.63) is 119 Å². The molecule has 0 unspecified atom stereocenters. The molecule has 1 spiro atoms. The first-order valence-corrected chi connectivity index (χ1v) is 13.7. The van der Waals surface area contributed by atoms with Gasteiger partial charge in [0.15, 0.2) is 0 Å². The summed E-state index contributed by atoms with van der Waals surface area (Å²) in [5, 5.41) is 0. The van der Waals surface area contributed by atoms with Gasteiger partial charge in [-0.05, 0) is 24.6 Å². The van der Waals surface area contributed by atoms with E-state index in [-0.39, 0.29) is 18.0 Å². The van der Waals surface area contributed by atoms with Crippen molar-refractivity contribution < 1.29 is 22.7 Å². The first kappa shape index (κ1) is 23.9. The van der Waals surface area contributed by atoms with Crippen LogP contribution in [-0.4, -0.2) is 43.5 Å². The molecule has 2 bridgehead atoms. The molecule has 0 aliphatic carbocycles. The molecular weight excluding hydrogens is 486 g/mol. The zero-order chi connectivity index (χ0) is 25.8. The van der Waals surface area contributed by atoms with Crippen LogP contribution in [-0.2, 0) is 29.7 Å². The van der Waals surface area contributed by atoms with Gasteiger partial charge in [-0.3, -0.25) is 4.79 Å². The molecule has 3 aromatic carbocycles. The summed E-state index contributed by atoms with van der Waals surface area (Å²) < 4.78 is 41.8. The lowest BCUT2D eigenvalue weighted by Crippen LogP contribution is -2.47. The van der Waals surface area contributed by atoms with Gasteiger partial charge in [0.2, 0.25) is 10.0 Å². The molecule has 188 valence electrons. The van der Waals surface area contributed by atoms with Gasteiger partial charge in [-0.25, -0.2) is 8.42 Å². The Morgan fingerprint density at radius 3 is 2.24 bits per heavy atom. The Bertz CT molecular complexity index is 1530. The zero-order valence-electron chi connectivity index (χ0n) is 20.6. The summed E-state index contributed by atoms with van der Waals surface area (Å²) in [5.41, 5.74) is 1.59. The largest absolute Gasteiger partial charge is 0.426 e. The number of ether oxygens (including phenoxy) is 2. The van der Waals surface area contributed by atoms with Gasteiger partial charge in [-0.2, -0.15) is 4.31 Å². The summed E-state index contributed by atoms with van der Waals surface area (Å²) in [4.78, 5) is 12.6. The van der Waals surface area contributed by atoms with Crippen LogP contribution in [0.25, 0.3) is 5.76 Å². The van der Waals surface area contributed by atoms with E-state index in [0.29, 0.717) is 5.76 Å². The van der Waals surface area contributed by atoms with Crippen LogP contribution in [0.4, 0.5) is 0 Å². The minimum atomic E-state index is -3.82. The van der Waals surface area contributed by atoms with Crippen LogP contribution in [0, 0.1) is 6.92 Å². The Labute approximate surface area is 216 Å². The second-order valence-corrected chi connectivity index (χ2v) is 11.8. The predicted octanol–water partition coefficient (Wildman–Crippen LogP) is 4.62. The minimum Gasteiger partial charge on any atom is -0.426 e. The summed E-state index contributed by atoms with van der Waals surface area (Å²) in [6.45, 7) is 3.60. The number of benzene rings is 3. The minimum absolute atomic E-state index is 0.150. The van der Waals surface area contributed by atoms with Crippen molar-refractivity contribution in [2.45, 2.75) is 35.9 Å². The Morgan fingerprint density at radius 1 is 0.946 bits per heavy atom. The van der Waals surface area contributed by atoms with Crippen molar-refractivity contribution in [2.24, 2.45) is 0 Å². The molecule has 3 aliphatic heterocycles. The Balaban J connectivity index is 1.60. The highest BCUT2D eigenvalue weighted by molar-refractivity contribution is 7.89. The Morgan fingerprint density at radius 2 is 1.59 bits per heavy atom. The van der Waals surface area contributed by atoms with E-state index in [2.05, 4.69) is 0 Å². The van der Waals surface area contributed by atoms with E-state index >= 15 is 0 Å². The highest BCUT2D eigenvalue weighted by atomic mass is 32.2. The molecule has 0 aromatic heterocycles. The van der Waals surface area contributed by atoms with E-state index < -0.39 is 33.1 Å². The fraction of sp³-hybridized carbons (Fsp3) is 0.233. The molecule has 0 amide bonds. The number of rotatable bonds is 5. The number of sulfonamides is 1. The van der Waals surface area contributed by atoms with E-state index in [0.717, 1.165) is 22.3 Å². The molecule has 0 N–H and O–H groups in total. The smallest absolute Gasteiger partial charge is 0.308 e. The molecule has 6 rings (SSSR count). The van der Waals surface area contributed by atoms with Crippen LogP contribution in [0.5, 0.6) is 0 Å². The fourth-order valence-electron chi connectivity index (χ4n) is 6.01. The molecule has 0 saturated carbocycles. The van der Waals surface area contributed by atoms with Gasteiger partial charge in [-0.1, -0.05) is 90.5 Å². The van der Waals surface area contributed by atoms with Crippen molar-refractivity contribution in [2.75, 3.05) is 13.1 Å². The number of aryl methyl sites for hydroxylation is 1. The SMILES string of the molecule is CC(=O)O/C(=C1/[C@H]2C=C[C@]3(CN(S(=O)(=O)c4ccc(C)cc4)C[C@]13c1ccccc1)O2)c1ccccc1. The van der Waals surface area contributed by atoms with Crippen LogP contribution in [0.15, 0.2) is 108 Å². The molecule has 0 radical (unpaired) electrons. The highest BCUT2D eigenvalue weighted by Crippen LogP contribution is 2.62. The second kappa shape index (κ2) is 8.52. The quantitative estimate of drug-likeness (QED) is 0.283. The van der Waals surface area contributed by atoms with Crippen molar-refractivity contribution in [3.8, 4) is 0 Å². The maximum atomic E-state index is 13.9. The number of carbonyl (C=O) groups excluding carboxylic acids is 1. The van der Waals surface area contributed by atoms with E-state index in [1.54, 1.807) is 24.3 Å². The van der Waals surface area contributed by atoms with Crippen molar-refractivity contribution in [3.63, 3.8) is 0 Å². The average Bonchev–Trinajstić information content (AvgIpc) is 3.55. The zero-order valence-corrected chi connectivity index (χ0v) is 21.4. The summed E-state index contributed by atoms with van der Waals surface area (Å²) in [5.74, 6) is -0.0275. The van der Waals surface area contributed by atoms with Crippen LogP contribution in [0.1, 0.15) is 23.6 Å². The molecule has 3 atom stereocenters. The third kappa shape index (κ3) is 3.53. The molecular formula is C30H27NO5S. The third-order valence-electron chi connectivity index (χ3n) is 7.62. The molecule has 3 aliphatic rings. The maximum Gasteiger partial charge on any atom is 0.308 e. The van der Waals surface area contributed by atoms with Gasteiger partial charge in [0.05, 0.1) is 10.3 Å². The van der Waals surface area contributed by atoms with Crippen molar-refractivity contribution in [1.29, 1.82) is 0 Å². The number of hydrogen-bond acceptors (Lipinski definition) is 5. The second-order valence-electron chi connectivity index (χ2n) is 9.85. The monoisotopic (exact) mass is 513 g/mol. The lowest BCUT2D eigenvalue weighted by atomic mass is 9.62.